The van der Waals surface area contributed by atoms with Crippen LogP contribution in [0.5, 0.6) is 0 Å². The molecule has 0 spiro atoms. The third kappa shape index (κ3) is 4.25. The number of unbranched alkanes of at least 4 members (excludes halogenated alkanes) is 1. The van der Waals surface area contributed by atoms with Gasteiger partial charge in [-0.05, 0) is 18.6 Å². The van der Waals surface area contributed by atoms with E-state index in [0.29, 0.717) is 12.2 Å². The number of hydrogen-bond acceptors (Lipinski definition) is 5. The second kappa shape index (κ2) is 8.22. The van der Waals surface area contributed by atoms with Crippen LogP contribution in [-0.4, -0.2) is 49.0 Å². The minimum absolute atomic E-state index is 0.0736. The summed E-state index contributed by atoms with van der Waals surface area (Å²) in [5, 5.41) is 9.48. The van der Waals surface area contributed by atoms with Crippen molar-refractivity contribution < 1.29 is 28.5 Å². The number of ether oxygens (including phenoxy) is 3. The van der Waals surface area contributed by atoms with Crippen LogP contribution in [0.3, 0.4) is 0 Å². The fourth-order valence-electron chi connectivity index (χ4n) is 2.19. The number of alkyl halides is 1. The van der Waals surface area contributed by atoms with Gasteiger partial charge < -0.3 is 19.3 Å². The lowest BCUT2D eigenvalue weighted by Gasteiger charge is -2.19. The minimum atomic E-state index is -1.78. The predicted molar refractivity (Wildman–Crippen MR) is 77.1 cm³/mol. The smallest absolute Gasteiger partial charge is 0.338 e. The molecule has 5 nitrogen and oxygen atoms in total. The lowest BCUT2D eigenvalue weighted by Crippen LogP contribution is -2.36. The van der Waals surface area contributed by atoms with E-state index in [1.807, 2.05) is 6.92 Å². The van der Waals surface area contributed by atoms with Gasteiger partial charge in [0.1, 0.15) is 6.10 Å². The van der Waals surface area contributed by atoms with E-state index in [0.717, 1.165) is 12.8 Å². The molecule has 0 aliphatic carbocycles. The SMILES string of the molecule is CCCCOC[C@H]1OC(O)[C@@H](F)[C@@H]1OC(=O)c1ccccc1. The van der Waals surface area contributed by atoms with Gasteiger partial charge in [-0.15, -0.1) is 0 Å². The number of carbonyl (C=O) groups excluding carboxylic acids is 1. The van der Waals surface area contributed by atoms with Crippen LogP contribution < -0.4 is 0 Å². The molecule has 0 aromatic heterocycles. The molecule has 1 heterocycles. The highest BCUT2D eigenvalue weighted by Gasteiger charge is 2.47. The van der Waals surface area contributed by atoms with Gasteiger partial charge in [0.2, 0.25) is 0 Å². The number of hydrogen-bond donors (Lipinski definition) is 1. The van der Waals surface area contributed by atoms with E-state index in [1.54, 1.807) is 30.3 Å². The summed E-state index contributed by atoms with van der Waals surface area (Å²) in [6, 6.07) is 8.30. The number of halogens is 1. The summed E-state index contributed by atoms with van der Waals surface area (Å²) in [6.07, 6.45) is -3.52. The normalized spacial score (nSPS) is 27.8. The Bertz CT molecular complexity index is 467. The molecule has 4 atom stereocenters. The van der Waals surface area contributed by atoms with Gasteiger partial charge in [-0.3, -0.25) is 0 Å². The Morgan fingerprint density at radius 1 is 1.36 bits per heavy atom. The molecule has 1 saturated heterocycles. The van der Waals surface area contributed by atoms with Crippen molar-refractivity contribution in [3.63, 3.8) is 0 Å². The largest absolute Gasteiger partial charge is 0.453 e. The second-order valence-electron chi connectivity index (χ2n) is 5.17. The molecule has 1 aromatic carbocycles. The molecule has 122 valence electrons. The fraction of sp³-hybridized carbons (Fsp3) is 0.562. The molecular weight excluding hydrogens is 291 g/mol. The molecule has 0 amide bonds. The maximum atomic E-state index is 14.0. The summed E-state index contributed by atoms with van der Waals surface area (Å²) in [7, 11) is 0. The van der Waals surface area contributed by atoms with Gasteiger partial charge in [-0.2, -0.15) is 0 Å². The Balaban J connectivity index is 1.94. The zero-order valence-corrected chi connectivity index (χ0v) is 12.5. The quantitative estimate of drug-likeness (QED) is 0.617. The number of aliphatic hydroxyl groups is 1. The van der Waals surface area contributed by atoms with E-state index in [9.17, 15) is 14.3 Å². The van der Waals surface area contributed by atoms with Crippen molar-refractivity contribution in [3.05, 3.63) is 35.9 Å². The first-order valence-corrected chi connectivity index (χ1v) is 7.45. The molecule has 1 aliphatic rings. The minimum Gasteiger partial charge on any atom is -0.453 e. The lowest BCUT2D eigenvalue weighted by molar-refractivity contribution is -0.127. The molecule has 0 radical (unpaired) electrons. The molecule has 1 unspecified atom stereocenters. The van der Waals surface area contributed by atoms with Crippen molar-refractivity contribution in [1.82, 2.24) is 0 Å². The first-order valence-electron chi connectivity index (χ1n) is 7.45. The standard InChI is InChI=1S/C16H21FO5/c1-2-3-9-20-10-12-14(13(17)16(19)21-12)22-15(18)11-7-5-4-6-8-11/h4-8,12-14,16,19H,2-3,9-10H2,1H3/t12-,13+,14-,16?/m1/s1. The maximum Gasteiger partial charge on any atom is 0.338 e. The molecule has 0 bridgehead atoms. The van der Waals surface area contributed by atoms with Gasteiger partial charge in [0, 0.05) is 6.61 Å². The van der Waals surface area contributed by atoms with E-state index < -0.39 is 30.6 Å². The Morgan fingerprint density at radius 2 is 2.09 bits per heavy atom. The van der Waals surface area contributed by atoms with Crippen LogP contribution in [0.2, 0.25) is 0 Å². The molecular formula is C16H21FO5. The van der Waals surface area contributed by atoms with Crippen molar-refractivity contribution in [2.45, 2.75) is 44.4 Å². The van der Waals surface area contributed by atoms with Gasteiger partial charge in [0.15, 0.2) is 18.6 Å². The van der Waals surface area contributed by atoms with Crippen molar-refractivity contribution in [1.29, 1.82) is 0 Å². The average Bonchev–Trinajstić information content (AvgIpc) is 2.80. The third-order valence-electron chi connectivity index (χ3n) is 3.44. The summed E-state index contributed by atoms with van der Waals surface area (Å²) in [5.41, 5.74) is 0.321. The number of esters is 1. The van der Waals surface area contributed by atoms with Gasteiger partial charge in [-0.25, -0.2) is 9.18 Å². The summed E-state index contributed by atoms with van der Waals surface area (Å²) in [6.45, 7) is 2.62. The highest BCUT2D eigenvalue weighted by atomic mass is 19.1. The molecule has 0 saturated carbocycles. The number of benzene rings is 1. The van der Waals surface area contributed by atoms with Gasteiger partial charge in [-0.1, -0.05) is 31.5 Å². The monoisotopic (exact) mass is 312 g/mol. The van der Waals surface area contributed by atoms with Crippen molar-refractivity contribution >= 4 is 5.97 Å². The summed E-state index contributed by atoms with van der Waals surface area (Å²) in [4.78, 5) is 12.0. The van der Waals surface area contributed by atoms with Crippen molar-refractivity contribution in [2.75, 3.05) is 13.2 Å². The Kier molecular flexibility index (Phi) is 6.30. The fourth-order valence-corrected chi connectivity index (χ4v) is 2.19. The van der Waals surface area contributed by atoms with Crippen LogP contribution in [0, 0.1) is 0 Å². The molecule has 1 N–H and O–H groups in total. The Labute approximate surface area is 129 Å². The van der Waals surface area contributed by atoms with E-state index in [2.05, 4.69) is 0 Å². The summed E-state index contributed by atoms with van der Waals surface area (Å²) >= 11 is 0. The van der Waals surface area contributed by atoms with Crippen LogP contribution in [0.25, 0.3) is 0 Å². The van der Waals surface area contributed by atoms with Gasteiger partial charge >= 0.3 is 5.97 Å². The highest BCUT2D eigenvalue weighted by Crippen LogP contribution is 2.26. The van der Waals surface area contributed by atoms with Crippen LogP contribution >= 0.6 is 0 Å². The zero-order valence-electron chi connectivity index (χ0n) is 12.5. The van der Waals surface area contributed by atoms with Crippen molar-refractivity contribution in [3.8, 4) is 0 Å². The van der Waals surface area contributed by atoms with E-state index >= 15 is 0 Å². The Hall–Kier alpha value is -1.50. The van der Waals surface area contributed by atoms with Gasteiger partial charge in [0.25, 0.3) is 0 Å². The molecule has 22 heavy (non-hydrogen) atoms. The first-order chi connectivity index (χ1) is 10.6. The average molecular weight is 312 g/mol. The van der Waals surface area contributed by atoms with Crippen LogP contribution in [0.1, 0.15) is 30.1 Å². The molecule has 2 rings (SSSR count). The number of carbonyl (C=O) groups is 1. The van der Waals surface area contributed by atoms with Crippen molar-refractivity contribution in [2.24, 2.45) is 0 Å². The van der Waals surface area contributed by atoms with Crippen LogP contribution in [-0.2, 0) is 14.2 Å². The van der Waals surface area contributed by atoms with Crippen LogP contribution in [0.4, 0.5) is 4.39 Å². The lowest BCUT2D eigenvalue weighted by atomic mass is 10.1. The van der Waals surface area contributed by atoms with Gasteiger partial charge in [0.05, 0.1) is 12.2 Å². The topological polar surface area (TPSA) is 65.0 Å². The number of rotatable bonds is 7. The third-order valence-corrected chi connectivity index (χ3v) is 3.44. The zero-order chi connectivity index (χ0) is 15.9. The molecule has 1 aromatic rings. The molecule has 6 heteroatoms. The summed E-state index contributed by atoms with van der Waals surface area (Å²) in [5.74, 6) is -0.649. The number of aliphatic hydroxyl groups excluding tert-OH is 1. The van der Waals surface area contributed by atoms with E-state index in [4.69, 9.17) is 14.2 Å². The van der Waals surface area contributed by atoms with E-state index in [-0.39, 0.29) is 6.61 Å². The maximum absolute atomic E-state index is 14.0. The first kappa shape index (κ1) is 16.9. The Morgan fingerprint density at radius 3 is 2.77 bits per heavy atom. The highest BCUT2D eigenvalue weighted by molar-refractivity contribution is 5.89. The van der Waals surface area contributed by atoms with E-state index in [1.165, 1.54) is 0 Å². The summed E-state index contributed by atoms with van der Waals surface area (Å²) < 4.78 is 29.6. The predicted octanol–water partition coefficient (Wildman–Crippen LogP) is 2.08. The van der Waals surface area contributed by atoms with Crippen LogP contribution in [0.15, 0.2) is 30.3 Å². The molecule has 1 fully saturated rings. The second-order valence-corrected chi connectivity index (χ2v) is 5.17. The molecule has 1 aliphatic heterocycles.